The van der Waals surface area contributed by atoms with Crippen molar-refractivity contribution >= 4 is 17.9 Å². The fraction of sp³-hybridized carbons (Fsp3) is 0.500. The third kappa shape index (κ3) is 1.42. The van der Waals surface area contributed by atoms with E-state index in [1.165, 1.54) is 0 Å². The Kier molecular flexibility index (Phi) is 2.50. The topological polar surface area (TPSA) is 42.9 Å². The van der Waals surface area contributed by atoms with Crippen molar-refractivity contribution in [2.75, 3.05) is 0 Å². The van der Waals surface area contributed by atoms with Gasteiger partial charge in [0.1, 0.15) is 6.29 Å². The molecular formula is C10H11ClN2O. The predicted molar refractivity (Wildman–Crippen MR) is 53.3 cm³/mol. The lowest BCUT2D eigenvalue weighted by molar-refractivity contribution is -0.112. The minimum atomic E-state index is -0.467. The molecule has 4 heteroatoms. The molecule has 0 radical (unpaired) electrons. The second-order valence-corrected chi connectivity index (χ2v) is 4.03. The molecule has 1 aromatic heterocycles. The Hall–Kier alpha value is -0.960. The lowest BCUT2D eigenvalue weighted by Gasteiger charge is -2.20. The predicted octanol–water partition coefficient (Wildman–Crippen LogP) is 2.14. The van der Waals surface area contributed by atoms with Gasteiger partial charge in [-0.2, -0.15) is 0 Å². The molecule has 0 atom stereocenters. The summed E-state index contributed by atoms with van der Waals surface area (Å²) in [7, 11) is 0. The number of hydrogen-bond donors (Lipinski definition) is 0. The maximum Gasteiger partial charge on any atom is 0.151 e. The van der Waals surface area contributed by atoms with E-state index in [4.69, 9.17) is 11.6 Å². The molecule has 14 heavy (non-hydrogen) atoms. The Morgan fingerprint density at radius 3 is 2.50 bits per heavy atom. The van der Waals surface area contributed by atoms with Gasteiger partial charge in [-0.1, -0.05) is 24.4 Å². The molecule has 0 aliphatic heterocycles. The first-order valence-electron chi connectivity index (χ1n) is 4.72. The molecule has 0 amide bonds. The molecule has 2 rings (SSSR count). The standard InChI is InChI=1S/C10H11ClN2O/c11-9-8(12-5-6-13-9)10(7-14)3-1-2-4-10/h5-7H,1-4H2. The normalized spacial score (nSPS) is 19.5. The van der Waals surface area contributed by atoms with Gasteiger partial charge in [0.25, 0.3) is 0 Å². The van der Waals surface area contributed by atoms with Gasteiger partial charge < -0.3 is 4.79 Å². The summed E-state index contributed by atoms with van der Waals surface area (Å²) >= 11 is 5.94. The Labute approximate surface area is 87.5 Å². The largest absolute Gasteiger partial charge is 0.302 e. The van der Waals surface area contributed by atoms with Crippen LogP contribution in [0.25, 0.3) is 0 Å². The van der Waals surface area contributed by atoms with Gasteiger partial charge in [-0.05, 0) is 12.8 Å². The SMILES string of the molecule is O=CC1(c2nccnc2Cl)CCCC1. The number of aromatic nitrogens is 2. The van der Waals surface area contributed by atoms with Crippen LogP contribution in [0, 0.1) is 0 Å². The number of rotatable bonds is 2. The van der Waals surface area contributed by atoms with Crippen molar-refractivity contribution < 1.29 is 4.79 Å². The second kappa shape index (κ2) is 3.65. The van der Waals surface area contributed by atoms with E-state index in [0.717, 1.165) is 32.0 Å². The maximum absolute atomic E-state index is 11.2. The van der Waals surface area contributed by atoms with E-state index < -0.39 is 5.41 Å². The number of hydrogen-bond acceptors (Lipinski definition) is 3. The van der Waals surface area contributed by atoms with Crippen LogP contribution in [0.3, 0.4) is 0 Å². The summed E-state index contributed by atoms with van der Waals surface area (Å²) in [4.78, 5) is 19.3. The molecule has 1 aliphatic carbocycles. The van der Waals surface area contributed by atoms with Crippen molar-refractivity contribution in [1.82, 2.24) is 9.97 Å². The molecule has 1 fully saturated rings. The van der Waals surface area contributed by atoms with Crippen LogP contribution in [0.2, 0.25) is 5.15 Å². The van der Waals surface area contributed by atoms with Crippen molar-refractivity contribution in [3.05, 3.63) is 23.2 Å². The molecule has 0 bridgehead atoms. The van der Waals surface area contributed by atoms with Crippen molar-refractivity contribution in [2.24, 2.45) is 0 Å². The number of carbonyl (C=O) groups excluding carboxylic acids is 1. The Bertz CT molecular complexity index is 348. The van der Waals surface area contributed by atoms with Crippen LogP contribution in [0.1, 0.15) is 31.4 Å². The third-order valence-corrected chi connectivity index (χ3v) is 3.12. The summed E-state index contributed by atoms with van der Waals surface area (Å²) in [6, 6.07) is 0. The van der Waals surface area contributed by atoms with Crippen LogP contribution in [-0.4, -0.2) is 16.3 Å². The fourth-order valence-electron chi connectivity index (χ4n) is 2.07. The second-order valence-electron chi connectivity index (χ2n) is 3.68. The van der Waals surface area contributed by atoms with E-state index in [1.807, 2.05) is 0 Å². The summed E-state index contributed by atoms with van der Waals surface area (Å²) in [5.74, 6) is 0. The number of halogens is 1. The van der Waals surface area contributed by atoms with E-state index in [0.29, 0.717) is 10.8 Å². The van der Waals surface area contributed by atoms with Gasteiger partial charge in [0, 0.05) is 12.4 Å². The van der Waals surface area contributed by atoms with E-state index >= 15 is 0 Å². The molecule has 74 valence electrons. The molecule has 0 saturated heterocycles. The summed E-state index contributed by atoms with van der Waals surface area (Å²) in [5.41, 5.74) is 0.180. The van der Waals surface area contributed by atoms with Gasteiger partial charge >= 0.3 is 0 Å². The highest BCUT2D eigenvalue weighted by Gasteiger charge is 2.38. The van der Waals surface area contributed by atoms with E-state index in [-0.39, 0.29) is 0 Å². The Morgan fingerprint density at radius 2 is 1.93 bits per heavy atom. The zero-order valence-corrected chi connectivity index (χ0v) is 8.50. The molecule has 0 aromatic carbocycles. The van der Waals surface area contributed by atoms with Crippen molar-refractivity contribution in [3.63, 3.8) is 0 Å². The molecule has 1 heterocycles. The molecule has 3 nitrogen and oxygen atoms in total. The monoisotopic (exact) mass is 210 g/mol. The molecule has 0 unspecified atom stereocenters. The first kappa shape index (κ1) is 9.59. The van der Waals surface area contributed by atoms with Crippen LogP contribution in [-0.2, 0) is 10.2 Å². The lowest BCUT2D eigenvalue weighted by atomic mass is 9.85. The average Bonchev–Trinajstić information content (AvgIpc) is 2.68. The smallest absolute Gasteiger partial charge is 0.151 e. The van der Waals surface area contributed by atoms with E-state index in [1.54, 1.807) is 12.4 Å². The quantitative estimate of drug-likeness (QED) is 0.703. The first-order chi connectivity index (χ1) is 6.78. The Morgan fingerprint density at radius 1 is 1.29 bits per heavy atom. The Balaban J connectivity index is 2.46. The average molecular weight is 211 g/mol. The fourth-order valence-corrected chi connectivity index (χ4v) is 2.36. The van der Waals surface area contributed by atoms with Gasteiger partial charge in [-0.15, -0.1) is 0 Å². The van der Waals surface area contributed by atoms with E-state index in [9.17, 15) is 4.79 Å². The zero-order valence-electron chi connectivity index (χ0n) is 7.74. The molecule has 0 N–H and O–H groups in total. The number of nitrogens with zero attached hydrogens (tertiary/aromatic N) is 2. The van der Waals surface area contributed by atoms with E-state index in [2.05, 4.69) is 9.97 Å². The van der Waals surface area contributed by atoms with Crippen LogP contribution in [0.15, 0.2) is 12.4 Å². The molecular weight excluding hydrogens is 200 g/mol. The first-order valence-corrected chi connectivity index (χ1v) is 5.10. The van der Waals surface area contributed by atoms with Gasteiger partial charge in [0.15, 0.2) is 5.15 Å². The zero-order chi connectivity index (χ0) is 10.0. The van der Waals surface area contributed by atoms with Crippen LogP contribution >= 0.6 is 11.6 Å². The van der Waals surface area contributed by atoms with Crippen LogP contribution < -0.4 is 0 Å². The molecule has 1 aliphatic rings. The van der Waals surface area contributed by atoms with Crippen LogP contribution in [0.4, 0.5) is 0 Å². The van der Waals surface area contributed by atoms with Crippen molar-refractivity contribution in [1.29, 1.82) is 0 Å². The van der Waals surface area contributed by atoms with Crippen molar-refractivity contribution in [3.8, 4) is 0 Å². The van der Waals surface area contributed by atoms with Gasteiger partial charge in [-0.3, -0.25) is 4.98 Å². The summed E-state index contributed by atoms with van der Waals surface area (Å²) in [6.45, 7) is 0. The van der Waals surface area contributed by atoms with Crippen LogP contribution in [0.5, 0.6) is 0 Å². The molecule has 0 spiro atoms. The van der Waals surface area contributed by atoms with Gasteiger partial charge in [0.2, 0.25) is 0 Å². The molecule has 1 saturated carbocycles. The number of aldehydes is 1. The van der Waals surface area contributed by atoms with Gasteiger partial charge in [-0.25, -0.2) is 4.98 Å². The maximum atomic E-state index is 11.2. The lowest BCUT2D eigenvalue weighted by Crippen LogP contribution is -2.26. The highest BCUT2D eigenvalue weighted by Crippen LogP contribution is 2.40. The highest BCUT2D eigenvalue weighted by molar-refractivity contribution is 6.30. The summed E-state index contributed by atoms with van der Waals surface area (Å²) in [6.07, 6.45) is 7.92. The minimum absolute atomic E-state index is 0.363. The summed E-state index contributed by atoms with van der Waals surface area (Å²) < 4.78 is 0. The highest BCUT2D eigenvalue weighted by atomic mass is 35.5. The number of carbonyl (C=O) groups is 1. The molecule has 1 aromatic rings. The minimum Gasteiger partial charge on any atom is -0.302 e. The third-order valence-electron chi connectivity index (χ3n) is 2.85. The van der Waals surface area contributed by atoms with Crippen molar-refractivity contribution in [2.45, 2.75) is 31.1 Å². The van der Waals surface area contributed by atoms with Gasteiger partial charge in [0.05, 0.1) is 11.1 Å². The summed E-state index contributed by atoms with van der Waals surface area (Å²) in [5, 5.41) is 0.363.